The first-order chi connectivity index (χ1) is 14.9. The third-order valence-electron chi connectivity index (χ3n) is 5.18. The highest BCUT2D eigenvalue weighted by molar-refractivity contribution is 6.33. The third kappa shape index (κ3) is 4.51. The van der Waals surface area contributed by atoms with Crippen LogP contribution in [0.5, 0.6) is 0 Å². The van der Waals surface area contributed by atoms with Crippen LogP contribution in [0.2, 0.25) is 5.02 Å². The molecule has 1 aliphatic rings. The Morgan fingerprint density at radius 2 is 2.26 bits per heavy atom. The number of likely N-dealkylation sites (tertiary alicyclic amines) is 1. The lowest BCUT2D eigenvalue weighted by molar-refractivity contribution is 0.125. The van der Waals surface area contributed by atoms with Crippen molar-refractivity contribution in [3.63, 3.8) is 0 Å². The number of urea groups is 1. The van der Waals surface area contributed by atoms with Gasteiger partial charge in [0.05, 0.1) is 11.1 Å². The molecule has 1 saturated heterocycles. The Morgan fingerprint density at radius 1 is 1.42 bits per heavy atom. The second-order valence-electron chi connectivity index (χ2n) is 7.57. The van der Waals surface area contributed by atoms with E-state index in [0.29, 0.717) is 46.9 Å². The molecule has 0 spiro atoms. The maximum absolute atomic E-state index is 13.1. The Morgan fingerprint density at radius 3 is 3.00 bits per heavy atom. The lowest BCUT2D eigenvalue weighted by Crippen LogP contribution is -2.43. The summed E-state index contributed by atoms with van der Waals surface area (Å²) in [6.45, 7) is 2.68. The van der Waals surface area contributed by atoms with Crippen LogP contribution < -0.4 is 5.32 Å². The minimum absolute atomic E-state index is 0.0383. The van der Waals surface area contributed by atoms with Gasteiger partial charge in [0.15, 0.2) is 5.82 Å². The molecule has 2 unspecified atom stereocenters. The van der Waals surface area contributed by atoms with Crippen molar-refractivity contribution in [3.05, 3.63) is 41.3 Å². The molecule has 0 radical (unpaired) electrons. The molecule has 2 atom stereocenters. The fourth-order valence-corrected chi connectivity index (χ4v) is 3.79. The second kappa shape index (κ2) is 8.73. The highest BCUT2D eigenvalue weighted by Gasteiger charge is 2.35. The minimum Gasteiger partial charge on any atom is -0.422 e. The lowest BCUT2D eigenvalue weighted by atomic mass is 9.92. The van der Waals surface area contributed by atoms with Gasteiger partial charge in [-0.3, -0.25) is 4.68 Å². The van der Waals surface area contributed by atoms with Gasteiger partial charge in [-0.2, -0.15) is 10.4 Å². The predicted octanol–water partition coefficient (Wildman–Crippen LogP) is 3.59. The lowest BCUT2D eigenvalue weighted by Gasteiger charge is -2.36. The van der Waals surface area contributed by atoms with Gasteiger partial charge < -0.3 is 14.6 Å². The molecule has 1 aromatic carbocycles. The van der Waals surface area contributed by atoms with Crippen molar-refractivity contribution in [1.82, 2.24) is 29.9 Å². The topological polar surface area (TPSA) is 126 Å². The Bertz CT molecular complexity index is 1130. The Balaban J connectivity index is 1.55. The van der Waals surface area contributed by atoms with Gasteiger partial charge in [0.1, 0.15) is 18.8 Å². The van der Waals surface area contributed by atoms with Crippen molar-refractivity contribution in [1.29, 1.82) is 5.26 Å². The van der Waals surface area contributed by atoms with Crippen LogP contribution in [-0.4, -0.2) is 42.4 Å². The number of piperidine rings is 1. The van der Waals surface area contributed by atoms with Gasteiger partial charge in [-0.15, -0.1) is 10.2 Å². The molecular weight excluding hydrogens is 420 g/mol. The largest absolute Gasteiger partial charge is 0.422 e. The molecule has 0 bridgehead atoms. The van der Waals surface area contributed by atoms with Gasteiger partial charge in [0, 0.05) is 24.8 Å². The first-order valence-electron chi connectivity index (χ1n) is 9.87. The molecule has 3 heterocycles. The summed E-state index contributed by atoms with van der Waals surface area (Å²) in [5.74, 6) is 1.48. The third-order valence-corrected chi connectivity index (χ3v) is 5.51. The quantitative estimate of drug-likeness (QED) is 0.656. The summed E-state index contributed by atoms with van der Waals surface area (Å²) in [6.07, 6.45) is 3.19. The number of anilines is 1. The Labute approximate surface area is 183 Å². The van der Waals surface area contributed by atoms with Crippen molar-refractivity contribution in [2.75, 3.05) is 11.9 Å². The van der Waals surface area contributed by atoms with Crippen molar-refractivity contribution < 1.29 is 9.21 Å². The number of nitriles is 1. The molecule has 11 heteroatoms. The minimum atomic E-state index is -0.354. The number of hydrogen-bond donors (Lipinski definition) is 1. The van der Waals surface area contributed by atoms with Gasteiger partial charge in [-0.1, -0.05) is 18.5 Å². The monoisotopic (exact) mass is 440 g/mol. The fraction of sp³-hybridized carbons (Fsp3) is 0.400. The van der Waals surface area contributed by atoms with E-state index in [1.165, 1.54) is 0 Å². The average Bonchev–Trinajstić information content (AvgIpc) is 3.38. The van der Waals surface area contributed by atoms with Crippen LogP contribution in [0.3, 0.4) is 0 Å². The first kappa shape index (κ1) is 20.8. The molecule has 0 saturated carbocycles. The zero-order chi connectivity index (χ0) is 22.0. The summed E-state index contributed by atoms with van der Waals surface area (Å²) in [6, 6.07) is 6.53. The van der Waals surface area contributed by atoms with Crippen molar-refractivity contribution in [2.45, 2.75) is 32.2 Å². The summed E-state index contributed by atoms with van der Waals surface area (Å²) >= 11 is 6.31. The smallest absolute Gasteiger partial charge is 0.322 e. The van der Waals surface area contributed by atoms with Crippen LogP contribution in [0.15, 0.2) is 28.9 Å². The van der Waals surface area contributed by atoms with Crippen LogP contribution in [0.1, 0.15) is 37.6 Å². The molecule has 2 aromatic heterocycles. The first-order valence-corrected chi connectivity index (χ1v) is 10.2. The number of amides is 2. The number of halogens is 1. The van der Waals surface area contributed by atoms with Crippen LogP contribution in [0, 0.1) is 17.2 Å². The van der Waals surface area contributed by atoms with E-state index in [4.69, 9.17) is 21.3 Å². The number of carbonyl (C=O) groups excluding carboxylic acids is 1. The van der Waals surface area contributed by atoms with Crippen LogP contribution in [-0.2, 0) is 13.5 Å². The Kier molecular flexibility index (Phi) is 5.86. The predicted molar refractivity (Wildman–Crippen MR) is 112 cm³/mol. The van der Waals surface area contributed by atoms with Crippen molar-refractivity contribution >= 4 is 23.3 Å². The van der Waals surface area contributed by atoms with E-state index in [1.807, 2.05) is 6.07 Å². The summed E-state index contributed by atoms with van der Waals surface area (Å²) in [5.41, 5.74) is 1.20. The van der Waals surface area contributed by atoms with E-state index in [2.05, 4.69) is 32.5 Å². The maximum atomic E-state index is 13.1. The number of rotatable bonds is 4. The summed E-state index contributed by atoms with van der Waals surface area (Å²) < 4.78 is 7.22. The van der Waals surface area contributed by atoms with Gasteiger partial charge in [-0.25, -0.2) is 9.78 Å². The normalized spacial score (nSPS) is 18.6. The van der Waals surface area contributed by atoms with Crippen LogP contribution in [0.4, 0.5) is 10.5 Å². The molecule has 1 fully saturated rings. The molecular formula is C20H21ClN8O2. The molecule has 10 nitrogen and oxygen atoms in total. The van der Waals surface area contributed by atoms with Gasteiger partial charge in [0.2, 0.25) is 11.8 Å². The fourth-order valence-electron chi connectivity index (χ4n) is 3.59. The zero-order valence-electron chi connectivity index (χ0n) is 17.1. The molecule has 160 valence electrons. The standard InChI is InChI=1S/C20H21ClN8O2/c1-12-6-8-29(16(9-12)19-26-25-17(31-19)5-7-22)20(30)24-13-3-4-15(21)14(10-13)18-23-11-28(2)27-18/h3-4,10-12,16H,5-6,8-9H2,1-2H3,(H,24,30). The van der Waals surface area contributed by atoms with E-state index >= 15 is 0 Å². The van der Waals surface area contributed by atoms with E-state index in [9.17, 15) is 4.79 Å². The summed E-state index contributed by atoms with van der Waals surface area (Å²) in [5, 5.41) is 24.5. The number of aryl methyl sites for hydroxylation is 1. The molecule has 4 rings (SSSR count). The SMILES string of the molecule is CC1CCN(C(=O)Nc2ccc(Cl)c(-c3ncn(C)n3)c2)C(c2nnc(CC#N)o2)C1. The number of benzene rings is 1. The number of hydrogen-bond acceptors (Lipinski definition) is 7. The van der Waals surface area contributed by atoms with Crippen molar-refractivity contribution in [3.8, 4) is 17.5 Å². The van der Waals surface area contributed by atoms with Crippen LogP contribution in [0.25, 0.3) is 11.4 Å². The van der Waals surface area contributed by atoms with Crippen LogP contribution >= 0.6 is 11.6 Å². The van der Waals surface area contributed by atoms with Gasteiger partial charge in [-0.05, 0) is 37.0 Å². The molecule has 31 heavy (non-hydrogen) atoms. The zero-order valence-corrected chi connectivity index (χ0v) is 17.9. The number of carbonyl (C=O) groups is 1. The summed E-state index contributed by atoms with van der Waals surface area (Å²) in [7, 11) is 1.77. The van der Waals surface area contributed by atoms with Gasteiger partial charge in [0.25, 0.3) is 0 Å². The van der Waals surface area contributed by atoms with E-state index in [0.717, 1.165) is 6.42 Å². The van der Waals surface area contributed by atoms with E-state index in [1.54, 1.807) is 41.2 Å². The molecule has 1 aliphatic heterocycles. The Hall–Kier alpha value is -3.45. The number of nitrogens with zero attached hydrogens (tertiary/aromatic N) is 7. The van der Waals surface area contributed by atoms with E-state index < -0.39 is 0 Å². The van der Waals surface area contributed by atoms with E-state index in [-0.39, 0.29) is 24.4 Å². The highest BCUT2D eigenvalue weighted by atomic mass is 35.5. The molecule has 0 aliphatic carbocycles. The van der Waals surface area contributed by atoms with Crippen molar-refractivity contribution in [2.24, 2.45) is 13.0 Å². The van der Waals surface area contributed by atoms with Gasteiger partial charge >= 0.3 is 6.03 Å². The number of nitrogens with one attached hydrogen (secondary N) is 1. The molecule has 2 amide bonds. The summed E-state index contributed by atoms with van der Waals surface area (Å²) in [4.78, 5) is 19.1. The molecule has 1 N–H and O–H groups in total. The highest BCUT2D eigenvalue weighted by Crippen LogP contribution is 2.34. The average molecular weight is 441 g/mol. The molecule has 3 aromatic rings. The number of aromatic nitrogens is 5. The second-order valence-corrected chi connectivity index (χ2v) is 7.98. The maximum Gasteiger partial charge on any atom is 0.322 e.